The molecule has 6 nitrogen and oxygen atoms in total. The van der Waals surface area contributed by atoms with Crippen molar-refractivity contribution < 1.29 is 28.6 Å². The third kappa shape index (κ3) is 4.84. The fourth-order valence-electron chi connectivity index (χ4n) is 7.78. The van der Waals surface area contributed by atoms with Crippen LogP contribution in [0.5, 0.6) is 0 Å². The molecule has 0 spiro atoms. The van der Waals surface area contributed by atoms with Crippen LogP contribution in [-0.4, -0.2) is 37.2 Å². The van der Waals surface area contributed by atoms with E-state index in [2.05, 4.69) is 20.8 Å². The highest BCUT2D eigenvalue weighted by atomic mass is 16.5. The van der Waals surface area contributed by atoms with Gasteiger partial charge in [0.15, 0.2) is 0 Å². The highest BCUT2D eigenvalue weighted by Crippen LogP contribution is 2.66. The molecule has 0 aromatic heterocycles. The first-order valence-corrected chi connectivity index (χ1v) is 12.4. The molecule has 3 saturated carbocycles. The minimum Gasteiger partial charge on any atom is -0.466 e. The Labute approximate surface area is 193 Å². The molecule has 32 heavy (non-hydrogen) atoms. The Kier molecular flexibility index (Phi) is 7.31. The van der Waals surface area contributed by atoms with Crippen LogP contribution in [0, 0.1) is 34.0 Å². The predicted molar refractivity (Wildman–Crippen MR) is 121 cm³/mol. The maximum atomic E-state index is 12.1. The Morgan fingerprint density at radius 3 is 2.12 bits per heavy atom. The van der Waals surface area contributed by atoms with E-state index in [1.54, 1.807) is 0 Å². The molecule has 0 unspecified atom stereocenters. The molecule has 0 saturated heterocycles. The number of fused-ring (bicyclic) bond motifs is 3. The van der Waals surface area contributed by atoms with Crippen LogP contribution < -0.4 is 0 Å². The van der Waals surface area contributed by atoms with Crippen molar-refractivity contribution in [3.05, 3.63) is 0 Å². The van der Waals surface area contributed by atoms with Crippen molar-refractivity contribution >= 4 is 17.9 Å². The standard InChI is InChI=1S/C26H42O6/c1-17(27)30-15-14-24(4)13-10-21-20(23(24)32-19(3)29)8-9-22-25(5,16-31-18(2)28)11-7-12-26(21,22)6/h20-23H,7-16H2,1-6H3/t20-,21-,22-,23+,24+,25-,26+/m0/s1. The molecule has 3 aliphatic carbocycles. The van der Waals surface area contributed by atoms with Gasteiger partial charge < -0.3 is 14.2 Å². The van der Waals surface area contributed by atoms with Gasteiger partial charge in [-0.15, -0.1) is 0 Å². The Bertz CT molecular complexity index is 734. The second-order valence-corrected chi connectivity index (χ2v) is 11.5. The van der Waals surface area contributed by atoms with E-state index in [1.807, 2.05) is 0 Å². The van der Waals surface area contributed by atoms with E-state index >= 15 is 0 Å². The average molecular weight is 451 g/mol. The minimum atomic E-state index is -0.270. The lowest BCUT2D eigenvalue weighted by Gasteiger charge is -2.63. The summed E-state index contributed by atoms with van der Waals surface area (Å²) < 4.78 is 16.8. The maximum Gasteiger partial charge on any atom is 0.302 e. The molecule has 7 atom stereocenters. The van der Waals surface area contributed by atoms with Gasteiger partial charge in [0.05, 0.1) is 13.2 Å². The van der Waals surface area contributed by atoms with Crippen LogP contribution in [0.3, 0.4) is 0 Å². The van der Waals surface area contributed by atoms with Crippen LogP contribution in [0.25, 0.3) is 0 Å². The summed E-state index contributed by atoms with van der Waals surface area (Å²) in [5, 5.41) is 0. The van der Waals surface area contributed by atoms with Gasteiger partial charge in [-0.3, -0.25) is 14.4 Å². The van der Waals surface area contributed by atoms with E-state index in [0.717, 1.165) is 38.5 Å². The van der Waals surface area contributed by atoms with Crippen LogP contribution >= 0.6 is 0 Å². The van der Waals surface area contributed by atoms with Crippen molar-refractivity contribution in [3.8, 4) is 0 Å². The Hall–Kier alpha value is -1.59. The maximum absolute atomic E-state index is 12.1. The molecule has 0 amide bonds. The van der Waals surface area contributed by atoms with E-state index in [0.29, 0.717) is 37.4 Å². The van der Waals surface area contributed by atoms with Gasteiger partial charge in [-0.25, -0.2) is 0 Å². The van der Waals surface area contributed by atoms with Crippen molar-refractivity contribution in [3.63, 3.8) is 0 Å². The van der Waals surface area contributed by atoms with Crippen LogP contribution in [-0.2, 0) is 28.6 Å². The molecule has 0 aromatic rings. The second-order valence-electron chi connectivity index (χ2n) is 11.5. The summed E-state index contributed by atoms with van der Waals surface area (Å²) in [6.07, 6.45) is 8.07. The molecule has 0 heterocycles. The summed E-state index contributed by atoms with van der Waals surface area (Å²) in [7, 11) is 0. The second kappa shape index (κ2) is 9.34. The Morgan fingerprint density at radius 2 is 1.50 bits per heavy atom. The molecule has 0 aliphatic heterocycles. The lowest BCUT2D eigenvalue weighted by molar-refractivity contribution is -0.202. The van der Waals surface area contributed by atoms with E-state index in [1.165, 1.54) is 27.2 Å². The Morgan fingerprint density at radius 1 is 0.812 bits per heavy atom. The highest BCUT2D eigenvalue weighted by Gasteiger charge is 2.61. The summed E-state index contributed by atoms with van der Waals surface area (Å²) >= 11 is 0. The molecule has 3 rings (SSSR count). The zero-order valence-electron chi connectivity index (χ0n) is 20.8. The van der Waals surface area contributed by atoms with Gasteiger partial charge in [0.1, 0.15) is 6.10 Å². The Balaban J connectivity index is 1.85. The topological polar surface area (TPSA) is 78.9 Å². The van der Waals surface area contributed by atoms with Gasteiger partial charge in [-0.05, 0) is 68.1 Å². The number of rotatable bonds is 6. The lowest BCUT2D eigenvalue weighted by atomic mass is 9.42. The first-order valence-electron chi connectivity index (χ1n) is 12.4. The van der Waals surface area contributed by atoms with Gasteiger partial charge in [0.2, 0.25) is 0 Å². The first kappa shape index (κ1) is 25.0. The van der Waals surface area contributed by atoms with Crippen LogP contribution in [0.4, 0.5) is 0 Å². The van der Waals surface area contributed by atoms with Gasteiger partial charge in [-0.1, -0.05) is 27.2 Å². The third-order valence-electron chi connectivity index (χ3n) is 9.23. The van der Waals surface area contributed by atoms with E-state index in [9.17, 15) is 14.4 Å². The zero-order chi connectivity index (χ0) is 23.7. The molecule has 0 N–H and O–H groups in total. The molecule has 3 fully saturated rings. The largest absolute Gasteiger partial charge is 0.466 e. The number of carbonyl (C=O) groups excluding carboxylic acids is 3. The molecule has 182 valence electrons. The average Bonchev–Trinajstić information content (AvgIpc) is 2.68. The van der Waals surface area contributed by atoms with Crippen molar-refractivity contribution in [2.24, 2.45) is 34.0 Å². The van der Waals surface area contributed by atoms with Crippen molar-refractivity contribution in [1.82, 2.24) is 0 Å². The summed E-state index contributed by atoms with van der Waals surface area (Å²) in [5.74, 6) is 0.575. The molecule has 0 radical (unpaired) electrons. The smallest absolute Gasteiger partial charge is 0.302 e. The fraction of sp³-hybridized carbons (Fsp3) is 0.885. The van der Waals surface area contributed by atoms with Gasteiger partial charge in [0, 0.05) is 31.6 Å². The number of hydrogen-bond acceptors (Lipinski definition) is 6. The van der Waals surface area contributed by atoms with Crippen molar-refractivity contribution in [2.75, 3.05) is 13.2 Å². The number of carbonyl (C=O) groups is 3. The highest BCUT2D eigenvalue weighted by molar-refractivity contribution is 5.66. The SMILES string of the molecule is CC(=O)OCC[C@@]1(C)CC[C@H]2[C@H](CC[C@H]3[C@](C)(COC(C)=O)CCC[C@]23C)[C@H]1OC(C)=O. The molecule has 3 aliphatic rings. The third-order valence-corrected chi connectivity index (χ3v) is 9.23. The van der Waals surface area contributed by atoms with Gasteiger partial charge >= 0.3 is 17.9 Å². The quantitative estimate of drug-likeness (QED) is 0.415. The van der Waals surface area contributed by atoms with Crippen LogP contribution in [0.1, 0.15) is 92.9 Å². The van der Waals surface area contributed by atoms with E-state index in [-0.39, 0.29) is 40.3 Å². The molecular weight excluding hydrogens is 408 g/mol. The summed E-state index contributed by atoms with van der Waals surface area (Å²) in [5.41, 5.74) is -0.0521. The van der Waals surface area contributed by atoms with Crippen LogP contribution in [0.15, 0.2) is 0 Å². The van der Waals surface area contributed by atoms with Crippen LogP contribution in [0.2, 0.25) is 0 Å². The zero-order valence-corrected chi connectivity index (χ0v) is 20.8. The number of ether oxygens (including phenoxy) is 3. The lowest BCUT2D eigenvalue weighted by Crippen LogP contribution is -2.60. The summed E-state index contributed by atoms with van der Waals surface area (Å²) in [6.45, 7) is 12.2. The molecule has 6 heteroatoms. The fourth-order valence-corrected chi connectivity index (χ4v) is 7.78. The predicted octanol–water partition coefficient (Wildman–Crippen LogP) is 5.07. The van der Waals surface area contributed by atoms with E-state index in [4.69, 9.17) is 14.2 Å². The summed E-state index contributed by atoms with van der Waals surface area (Å²) in [4.78, 5) is 34.9. The minimum absolute atomic E-state index is 0.00333. The van der Waals surface area contributed by atoms with E-state index < -0.39 is 0 Å². The van der Waals surface area contributed by atoms with Crippen molar-refractivity contribution in [2.45, 2.75) is 99.0 Å². The molecule has 0 aromatic carbocycles. The van der Waals surface area contributed by atoms with Crippen molar-refractivity contribution in [1.29, 1.82) is 0 Å². The first-order chi connectivity index (χ1) is 14.9. The molecular formula is C26H42O6. The number of esters is 3. The number of hydrogen-bond donors (Lipinski definition) is 0. The summed E-state index contributed by atoms with van der Waals surface area (Å²) in [6, 6.07) is 0. The normalized spacial score (nSPS) is 41.1. The van der Waals surface area contributed by atoms with Gasteiger partial charge in [-0.2, -0.15) is 0 Å². The molecule has 0 bridgehead atoms. The van der Waals surface area contributed by atoms with Gasteiger partial charge in [0.25, 0.3) is 0 Å². The monoisotopic (exact) mass is 450 g/mol.